The van der Waals surface area contributed by atoms with Gasteiger partial charge in [0.25, 0.3) is 5.91 Å². The van der Waals surface area contributed by atoms with Crippen molar-refractivity contribution in [1.82, 2.24) is 20.5 Å². The molecular formula is C21H31IN6O. The lowest BCUT2D eigenvalue weighted by molar-refractivity contribution is 0.0827. The average molecular weight is 510 g/mol. The molecule has 0 atom stereocenters. The van der Waals surface area contributed by atoms with Crippen LogP contribution < -0.4 is 15.5 Å². The van der Waals surface area contributed by atoms with Gasteiger partial charge in [-0.3, -0.25) is 4.79 Å². The Hall–Kier alpha value is -2.36. The highest BCUT2D eigenvalue weighted by atomic mass is 127. The van der Waals surface area contributed by atoms with Gasteiger partial charge >= 0.3 is 0 Å². The molecule has 2 N–H and O–H groups in total. The zero-order chi connectivity index (χ0) is 20.5. The number of hydrogen-bond donors (Lipinski definition) is 2. The fourth-order valence-electron chi connectivity index (χ4n) is 2.51. The lowest BCUT2D eigenvalue weighted by atomic mass is 10.1. The number of carbonyl (C=O) groups is 1. The van der Waals surface area contributed by atoms with Crippen molar-refractivity contribution in [2.24, 2.45) is 4.99 Å². The summed E-state index contributed by atoms with van der Waals surface area (Å²) in [6.07, 6.45) is 0. The van der Waals surface area contributed by atoms with E-state index in [0.29, 0.717) is 18.7 Å². The van der Waals surface area contributed by atoms with Gasteiger partial charge in [0.15, 0.2) is 5.96 Å². The number of rotatable bonds is 7. The Balaban J connectivity index is 0.00000420. The molecule has 0 aliphatic heterocycles. The lowest BCUT2D eigenvalue weighted by Gasteiger charge is -2.14. The highest BCUT2D eigenvalue weighted by molar-refractivity contribution is 14.0. The summed E-state index contributed by atoms with van der Waals surface area (Å²) in [6, 6.07) is 13.5. The van der Waals surface area contributed by atoms with Gasteiger partial charge in [-0.25, -0.2) is 9.98 Å². The van der Waals surface area contributed by atoms with E-state index in [-0.39, 0.29) is 29.9 Å². The van der Waals surface area contributed by atoms with Gasteiger partial charge in [-0.15, -0.1) is 24.0 Å². The third-order valence-corrected chi connectivity index (χ3v) is 4.06. The Morgan fingerprint density at radius 2 is 1.72 bits per heavy atom. The van der Waals surface area contributed by atoms with Crippen LogP contribution in [0.5, 0.6) is 0 Å². The summed E-state index contributed by atoms with van der Waals surface area (Å²) in [7, 11) is 7.45. The molecule has 0 radical (unpaired) electrons. The van der Waals surface area contributed by atoms with Gasteiger partial charge in [-0.05, 0) is 36.8 Å². The average Bonchev–Trinajstić information content (AvgIpc) is 2.70. The molecule has 0 spiro atoms. The van der Waals surface area contributed by atoms with Gasteiger partial charge in [0.05, 0.1) is 18.8 Å². The van der Waals surface area contributed by atoms with E-state index in [0.717, 1.165) is 29.6 Å². The van der Waals surface area contributed by atoms with Gasteiger partial charge in [-0.1, -0.05) is 18.2 Å². The van der Waals surface area contributed by atoms with Crippen LogP contribution in [0.4, 0.5) is 5.82 Å². The van der Waals surface area contributed by atoms with E-state index >= 15 is 0 Å². The highest BCUT2D eigenvalue weighted by Gasteiger charge is 2.07. The number of pyridine rings is 1. The maximum absolute atomic E-state index is 12.0. The quantitative estimate of drug-likeness (QED) is 0.341. The third-order valence-electron chi connectivity index (χ3n) is 4.06. The van der Waals surface area contributed by atoms with Crippen molar-refractivity contribution >= 4 is 41.7 Å². The van der Waals surface area contributed by atoms with E-state index in [2.05, 4.69) is 20.6 Å². The van der Waals surface area contributed by atoms with Crippen molar-refractivity contribution < 1.29 is 4.79 Å². The van der Waals surface area contributed by atoms with Crippen molar-refractivity contribution in [1.29, 1.82) is 0 Å². The van der Waals surface area contributed by atoms with E-state index in [9.17, 15) is 4.79 Å². The Morgan fingerprint density at radius 3 is 2.31 bits per heavy atom. The number of benzene rings is 1. The topological polar surface area (TPSA) is 72.9 Å². The number of guanidine groups is 1. The minimum atomic E-state index is -0.00230. The molecule has 0 saturated carbocycles. The molecule has 2 rings (SSSR count). The number of hydrogen-bond acceptors (Lipinski definition) is 4. The number of aliphatic imine (C=N–C) groups is 1. The second kappa shape index (κ2) is 12.3. The van der Waals surface area contributed by atoms with Crippen molar-refractivity contribution in [2.75, 3.05) is 39.6 Å². The van der Waals surface area contributed by atoms with Gasteiger partial charge in [0.1, 0.15) is 5.82 Å². The summed E-state index contributed by atoms with van der Waals surface area (Å²) < 4.78 is 0. The molecule has 0 unspecified atom stereocenters. The normalized spacial score (nSPS) is 10.7. The molecule has 0 fully saturated rings. The second-order valence-corrected chi connectivity index (χ2v) is 6.83. The number of carbonyl (C=O) groups excluding carboxylic acids is 1. The van der Waals surface area contributed by atoms with Crippen LogP contribution in [-0.4, -0.2) is 56.5 Å². The number of nitrogens with one attached hydrogen (secondary N) is 2. The first-order valence-corrected chi connectivity index (χ1v) is 9.36. The molecular weight excluding hydrogens is 479 g/mol. The van der Waals surface area contributed by atoms with E-state index in [4.69, 9.17) is 0 Å². The molecule has 158 valence electrons. The monoisotopic (exact) mass is 510 g/mol. The molecule has 0 bridgehead atoms. The van der Waals surface area contributed by atoms with Crippen LogP contribution >= 0.6 is 24.0 Å². The Bertz CT molecular complexity index is 805. The fourth-order valence-corrected chi connectivity index (χ4v) is 2.51. The summed E-state index contributed by atoms with van der Waals surface area (Å²) in [4.78, 5) is 24.7. The molecule has 29 heavy (non-hydrogen) atoms. The summed E-state index contributed by atoms with van der Waals surface area (Å²) in [5, 5.41) is 6.56. The van der Waals surface area contributed by atoms with Crippen LogP contribution in [0.3, 0.4) is 0 Å². The Kier molecular flexibility index (Phi) is 10.4. The fraction of sp³-hybridized carbons (Fsp3) is 0.381. The molecule has 0 aliphatic carbocycles. The first kappa shape index (κ1) is 24.7. The maximum atomic E-state index is 12.0. The minimum Gasteiger partial charge on any atom is -0.363 e. The van der Waals surface area contributed by atoms with Crippen LogP contribution in [-0.2, 0) is 13.1 Å². The predicted octanol–water partition coefficient (Wildman–Crippen LogP) is 2.72. The summed E-state index contributed by atoms with van der Waals surface area (Å²) in [5.41, 5.74) is 2.67. The molecule has 8 heteroatoms. The predicted molar refractivity (Wildman–Crippen MR) is 130 cm³/mol. The minimum absolute atomic E-state index is 0. The molecule has 1 aromatic heterocycles. The molecule has 1 heterocycles. The van der Waals surface area contributed by atoms with Crippen molar-refractivity contribution in [3.63, 3.8) is 0 Å². The standard InChI is InChI=1S/C21H30N6O.HI/c1-6-22-21(24-15-18-8-7-9-19(25-18)26(2)3)23-14-16-10-12-17(13-11-16)20(28)27(4)5;/h7-13H,6,14-15H2,1-5H3,(H2,22,23,24);1H. The summed E-state index contributed by atoms with van der Waals surface area (Å²) >= 11 is 0. The number of halogens is 1. The van der Waals surface area contributed by atoms with E-state index in [1.54, 1.807) is 19.0 Å². The smallest absolute Gasteiger partial charge is 0.253 e. The van der Waals surface area contributed by atoms with Crippen LogP contribution in [0.1, 0.15) is 28.5 Å². The molecule has 0 aliphatic rings. The first-order valence-electron chi connectivity index (χ1n) is 9.36. The third kappa shape index (κ3) is 7.88. The van der Waals surface area contributed by atoms with E-state index in [1.165, 1.54) is 0 Å². The number of nitrogens with zero attached hydrogens (tertiary/aromatic N) is 4. The lowest BCUT2D eigenvalue weighted by Crippen LogP contribution is -2.37. The second-order valence-electron chi connectivity index (χ2n) is 6.83. The summed E-state index contributed by atoms with van der Waals surface area (Å²) in [6.45, 7) is 3.91. The number of amides is 1. The van der Waals surface area contributed by atoms with E-state index < -0.39 is 0 Å². The van der Waals surface area contributed by atoms with Crippen molar-refractivity contribution in [3.8, 4) is 0 Å². The van der Waals surface area contributed by atoms with Gasteiger partial charge in [0.2, 0.25) is 0 Å². The van der Waals surface area contributed by atoms with Crippen molar-refractivity contribution in [2.45, 2.75) is 20.0 Å². The zero-order valence-electron chi connectivity index (χ0n) is 17.8. The van der Waals surface area contributed by atoms with Gasteiger partial charge in [0, 0.05) is 40.3 Å². The Morgan fingerprint density at radius 1 is 1.03 bits per heavy atom. The van der Waals surface area contributed by atoms with Gasteiger partial charge in [-0.2, -0.15) is 0 Å². The molecule has 1 amide bonds. The molecule has 1 aromatic carbocycles. The highest BCUT2D eigenvalue weighted by Crippen LogP contribution is 2.09. The first-order chi connectivity index (χ1) is 13.4. The van der Waals surface area contributed by atoms with Crippen LogP contribution in [0.15, 0.2) is 47.5 Å². The molecule has 2 aromatic rings. The number of aromatic nitrogens is 1. The van der Waals surface area contributed by atoms with Crippen LogP contribution in [0.2, 0.25) is 0 Å². The Labute approximate surface area is 190 Å². The molecule has 0 saturated heterocycles. The zero-order valence-corrected chi connectivity index (χ0v) is 20.1. The van der Waals surface area contributed by atoms with Crippen LogP contribution in [0.25, 0.3) is 0 Å². The largest absolute Gasteiger partial charge is 0.363 e. The molecule has 7 nitrogen and oxygen atoms in total. The van der Waals surface area contributed by atoms with E-state index in [1.807, 2.05) is 68.4 Å². The van der Waals surface area contributed by atoms with Crippen LogP contribution in [0, 0.1) is 0 Å². The SMILES string of the molecule is CCNC(=NCc1ccc(C(=O)N(C)C)cc1)NCc1cccc(N(C)C)n1.I. The van der Waals surface area contributed by atoms with Crippen molar-refractivity contribution in [3.05, 3.63) is 59.3 Å². The number of anilines is 1. The summed E-state index contributed by atoms with van der Waals surface area (Å²) in [5.74, 6) is 1.65. The maximum Gasteiger partial charge on any atom is 0.253 e. The van der Waals surface area contributed by atoms with Gasteiger partial charge < -0.3 is 20.4 Å².